The van der Waals surface area contributed by atoms with Crippen LogP contribution >= 0.6 is 11.6 Å². The summed E-state index contributed by atoms with van der Waals surface area (Å²) in [4.78, 5) is 0. The molecule has 1 rings (SSSR count). The molecule has 1 aromatic rings. The Morgan fingerprint density at radius 3 is 2.47 bits per heavy atom. The number of nitrogens with two attached hydrogens (primary N) is 1. The van der Waals surface area contributed by atoms with Crippen molar-refractivity contribution < 1.29 is 18.3 Å². The van der Waals surface area contributed by atoms with E-state index in [1.54, 1.807) is 0 Å². The minimum absolute atomic E-state index is 0.0321. The van der Waals surface area contributed by atoms with Crippen LogP contribution in [0.3, 0.4) is 0 Å². The predicted molar refractivity (Wildman–Crippen MR) is 50.5 cm³/mol. The van der Waals surface area contributed by atoms with Gasteiger partial charge in [-0.15, -0.1) is 0 Å². The molecule has 0 bridgehead atoms. The number of alkyl halides is 3. The van der Waals surface area contributed by atoms with Crippen LogP contribution in [0.4, 0.5) is 13.2 Å². The van der Waals surface area contributed by atoms with Crippen molar-refractivity contribution in [2.75, 3.05) is 6.54 Å². The van der Waals surface area contributed by atoms with Gasteiger partial charge in [0.1, 0.15) is 0 Å². The normalized spacial score (nSPS) is 14.0. The van der Waals surface area contributed by atoms with E-state index in [4.69, 9.17) is 17.3 Å². The molecule has 0 heterocycles. The Morgan fingerprint density at radius 1 is 1.40 bits per heavy atom. The summed E-state index contributed by atoms with van der Waals surface area (Å²) in [5, 5.41) is 9.26. The van der Waals surface area contributed by atoms with Gasteiger partial charge in [-0.1, -0.05) is 17.7 Å². The average Bonchev–Trinajstić information content (AvgIpc) is 2.15. The van der Waals surface area contributed by atoms with Gasteiger partial charge in [0, 0.05) is 11.6 Å². The van der Waals surface area contributed by atoms with E-state index in [9.17, 15) is 18.3 Å². The van der Waals surface area contributed by atoms with E-state index in [1.165, 1.54) is 6.07 Å². The summed E-state index contributed by atoms with van der Waals surface area (Å²) in [6.07, 6.45) is -5.88. The number of halogens is 4. The molecule has 0 saturated carbocycles. The maximum Gasteiger partial charge on any atom is 0.416 e. The van der Waals surface area contributed by atoms with Crippen molar-refractivity contribution in [3.8, 4) is 0 Å². The van der Waals surface area contributed by atoms with Crippen LogP contribution in [0.2, 0.25) is 5.02 Å². The fourth-order valence-corrected chi connectivity index (χ4v) is 1.36. The van der Waals surface area contributed by atoms with Crippen LogP contribution in [0.1, 0.15) is 17.2 Å². The first-order valence-corrected chi connectivity index (χ1v) is 4.49. The maximum absolute atomic E-state index is 12.5. The Labute approximate surface area is 89.5 Å². The zero-order valence-electron chi connectivity index (χ0n) is 7.55. The van der Waals surface area contributed by atoms with Crippen molar-refractivity contribution in [2.24, 2.45) is 5.73 Å². The highest BCUT2D eigenvalue weighted by molar-refractivity contribution is 6.30. The molecular formula is C9H9ClF3NO. The molecule has 84 valence electrons. The van der Waals surface area contributed by atoms with Gasteiger partial charge in [-0.25, -0.2) is 0 Å². The summed E-state index contributed by atoms with van der Waals surface area (Å²) in [5.74, 6) is 0. The van der Waals surface area contributed by atoms with Crippen LogP contribution in [-0.4, -0.2) is 11.7 Å². The molecule has 1 atom stereocenters. The summed E-state index contributed by atoms with van der Waals surface area (Å²) in [7, 11) is 0. The Kier molecular flexibility index (Phi) is 3.59. The van der Waals surface area contributed by atoms with Gasteiger partial charge in [0.05, 0.1) is 11.7 Å². The minimum Gasteiger partial charge on any atom is -0.387 e. The molecule has 0 radical (unpaired) electrons. The third kappa shape index (κ3) is 2.84. The molecule has 0 aromatic heterocycles. The quantitative estimate of drug-likeness (QED) is 0.832. The lowest BCUT2D eigenvalue weighted by atomic mass is 10.0. The summed E-state index contributed by atoms with van der Waals surface area (Å²) >= 11 is 5.46. The van der Waals surface area contributed by atoms with Crippen LogP contribution in [0.25, 0.3) is 0 Å². The smallest absolute Gasteiger partial charge is 0.387 e. The van der Waals surface area contributed by atoms with Crippen LogP contribution in [0.15, 0.2) is 18.2 Å². The fraction of sp³-hybridized carbons (Fsp3) is 0.333. The second-order valence-electron chi connectivity index (χ2n) is 2.98. The van der Waals surface area contributed by atoms with Crippen molar-refractivity contribution in [1.29, 1.82) is 0 Å². The molecule has 0 spiro atoms. The SMILES string of the molecule is NCC(O)c1ccc(Cl)cc1C(F)(F)F. The van der Waals surface area contributed by atoms with Gasteiger partial charge in [0.15, 0.2) is 0 Å². The van der Waals surface area contributed by atoms with Crippen molar-refractivity contribution >= 4 is 11.6 Å². The average molecular weight is 240 g/mol. The van der Waals surface area contributed by atoms with Crippen molar-refractivity contribution in [3.05, 3.63) is 34.3 Å². The van der Waals surface area contributed by atoms with Gasteiger partial charge in [-0.05, 0) is 17.7 Å². The molecule has 15 heavy (non-hydrogen) atoms. The Balaban J connectivity index is 3.27. The largest absolute Gasteiger partial charge is 0.416 e. The Hall–Kier alpha value is -0.780. The van der Waals surface area contributed by atoms with Crippen molar-refractivity contribution in [1.82, 2.24) is 0 Å². The zero-order valence-corrected chi connectivity index (χ0v) is 8.31. The molecular weight excluding hydrogens is 231 g/mol. The second kappa shape index (κ2) is 4.38. The number of hydrogen-bond donors (Lipinski definition) is 2. The lowest BCUT2D eigenvalue weighted by molar-refractivity contribution is -0.139. The summed E-state index contributed by atoms with van der Waals surface area (Å²) in [5.41, 5.74) is 3.90. The highest BCUT2D eigenvalue weighted by atomic mass is 35.5. The molecule has 2 nitrogen and oxygen atoms in total. The number of hydrogen-bond acceptors (Lipinski definition) is 2. The van der Waals surface area contributed by atoms with Gasteiger partial charge in [-0.3, -0.25) is 0 Å². The first-order valence-electron chi connectivity index (χ1n) is 4.11. The van der Waals surface area contributed by atoms with Crippen LogP contribution in [-0.2, 0) is 6.18 Å². The van der Waals surface area contributed by atoms with E-state index in [0.717, 1.165) is 12.1 Å². The number of rotatable bonds is 2. The molecule has 0 amide bonds. The van der Waals surface area contributed by atoms with E-state index in [1.807, 2.05) is 0 Å². The standard InChI is InChI=1S/C9H9ClF3NO/c10-5-1-2-6(8(15)4-14)7(3-5)9(11,12)13/h1-3,8,15H,4,14H2. The monoisotopic (exact) mass is 239 g/mol. The van der Waals surface area contributed by atoms with Crippen molar-refractivity contribution in [3.63, 3.8) is 0 Å². The maximum atomic E-state index is 12.5. The molecule has 1 aromatic carbocycles. The summed E-state index contributed by atoms with van der Waals surface area (Å²) in [6, 6.07) is 3.18. The van der Waals surface area contributed by atoms with Gasteiger partial charge in [-0.2, -0.15) is 13.2 Å². The van der Waals surface area contributed by atoms with E-state index in [-0.39, 0.29) is 17.1 Å². The van der Waals surface area contributed by atoms with Crippen LogP contribution in [0, 0.1) is 0 Å². The van der Waals surface area contributed by atoms with E-state index < -0.39 is 17.8 Å². The van der Waals surface area contributed by atoms with Gasteiger partial charge in [0.2, 0.25) is 0 Å². The van der Waals surface area contributed by atoms with Gasteiger partial charge < -0.3 is 10.8 Å². The number of benzene rings is 1. The molecule has 3 N–H and O–H groups in total. The Bertz CT molecular complexity index is 354. The van der Waals surface area contributed by atoms with Crippen molar-refractivity contribution in [2.45, 2.75) is 12.3 Å². The van der Waals surface area contributed by atoms with Gasteiger partial charge >= 0.3 is 6.18 Å². The number of aliphatic hydroxyl groups is 1. The van der Waals surface area contributed by atoms with Gasteiger partial charge in [0.25, 0.3) is 0 Å². The lowest BCUT2D eigenvalue weighted by Gasteiger charge is -2.16. The molecule has 6 heteroatoms. The summed E-state index contributed by atoms with van der Waals surface area (Å²) in [6.45, 7) is -0.273. The molecule has 0 aliphatic rings. The highest BCUT2D eigenvalue weighted by Crippen LogP contribution is 2.35. The minimum atomic E-state index is -4.55. The topological polar surface area (TPSA) is 46.2 Å². The van der Waals surface area contributed by atoms with E-state index >= 15 is 0 Å². The first kappa shape index (κ1) is 12.3. The third-order valence-corrected chi connectivity index (χ3v) is 2.14. The number of aliphatic hydroxyl groups excluding tert-OH is 1. The fourth-order valence-electron chi connectivity index (χ4n) is 1.19. The first-order chi connectivity index (χ1) is 6.86. The zero-order chi connectivity index (χ0) is 11.6. The molecule has 0 aliphatic carbocycles. The Morgan fingerprint density at radius 2 is 2.00 bits per heavy atom. The molecule has 0 saturated heterocycles. The predicted octanol–water partition coefficient (Wildman–Crippen LogP) is 2.35. The third-order valence-electron chi connectivity index (χ3n) is 1.90. The lowest BCUT2D eigenvalue weighted by Crippen LogP contribution is -2.17. The highest BCUT2D eigenvalue weighted by Gasteiger charge is 2.34. The molecule has 1 unspecified atom stereocenters. The molecule has 0 fully saturated rings. The van der Waals surface area contributed by atoms with E-state index in [0.29, 0.717) is 0 Å². The molecule has 0 aliphatic heterocycles. The van der Waals surface area contributed by atoms with E-state index in [2.05, 4.69) is 0 Å². The van der Waals surface area contributed by atoms with Crippen LogP contribution < -0.4 is 5.73 Å². The summed E-state index contributed by atoms with van der Waals surface area (Å²) < 4.78 is 37.5. The van der Waals surface area contributed by atoms with Crippen LogP contribution in [0.5, 0.6) is 0 Å². The second-order valence-corrected chi connectivity index (χ2v) is 3.42.